The van der Waals surface area contributed by atoms with Gasteiger partial charge in [-0.1, -0.05) is 0 Å². The number of carbonyl (C=O) groups excluding carboxylic acids is 3. The predicted molar refractivity (Wildman–Crippen MR) is 75.3 cm³/mol. The second kappa shape index (κ2) is 9.51. The Morgan fingerprint density at radius 1 is 0.952 bits per heavy atom. The fraction of sp³-hybridized carbons (Fsp3) is 0.538. The van der Waals surface area contributed by atoms with Crippen molar-refractivity contribution in [3.05, 3.63) is 11.1 Å². The van der Waals surface area contributed by atoms with Crippen molar-refractivity contribution in [2.45, 2.75) is 26.7 Å². The third-order valence-electron chi connectivity index (χ3n) is 2.70. The standard InChI is InChI=1S/C13H21N3O5/c1-8(13(20)21)10(12(19)14-3)4-5-11(18)16-7-6-15-9(2)17/h4-7H2,1-3H3,(H,14,19)(H,15,17)(H,16,18)(H,20,21)/b10-8-. The van der Waals surface area contributed by atoms with Gasteiger partial charge in [0.05, 0.1) is 0 Å². The quantitative estimate of drug-likeness (QED) is 0.344. The van der Waals surface area contributed by atoms with Gasteiger partial charge in [-0.2, -0.15) is 0 Å². The summed E-state index contributed by atoms with van der Waals surface area (Å²) in [6.07, 6.45) is 0.0250. The molecule has 3 amide bonds. The number of hydrogen-bond donors (Lipinski definition) is 4. The van der Waals surface area contributed by atoms with Crippen molar-refractivity contribution in [1.82, 2.24) is 16.0 Å². The second-order valence-corrected chi connectivity index (χ2v) is 4.32. The molecule has 4 N–H and O–H groups in total. The van der Waals surface area contributed by atoms with E-state index in [1.807, 2.05) is 0 Å². The van der Waals surface area contributed by atoms with Crippen molar-refractivity contribution in [3.8, 4) is 0 Å². The van der Waals surface area contributed by atoms with Crippen LogP contribution in [-0.2, 0) is 19.2 Å². The number of nitrogens with one attached hydrogen (secondary N) is 3. The Balaban J connectivity index is 4.40. The molecular weight excluding hydrogens is 278 g/mol. The zero-order valence-corrected chi connectivity index (χ0v) is 12.4. The number of carbonyl (C=O) groups is 4. The molecule has 0 aliphatic heterocycles. The predicted octanol–water partition coefficient (Wildman–Crippen LogP) is -0.834. The minimum atomic E-state index is -1.19. The van der Waals surface area contributed by atoms with E-state index in [2.05, 4.69) is 16.0 Å². The number of likely N-dealkylation sites (N-methyl/N-ethyl adjacent to an activating group) is 1. The number of hydrogen-bond acceptors (Lipinski definition) is 4. The van der Waals surface area contributed by atoms with E-state index in [1.165, 1.54) is 20.9 Å². The van der Waals surface area contributed by atoms with Gasteiger partial charge in [0.15, 0.2) is 0 Å². The molecule has 0 heterocycles. The van der Waals surface area contributed by atoms with Crippen molar-refractivity contribution < 1.29 is 24.3 Å². The van der Waals surface area contributed by atoms with Crippen molar-refractivity contribution in [3.63, 3.8) is 0 Å². The highest BCUT2D eigenvalue weighted by Crippen LogP contribution is 2.12. The molecule has 0 saturated carbocycles. The molecule has 21 heavy (non-hydrogen) atoms. The molecule has 8 nitrogen and oxygen atoms in total. The van der Waals surface area contributed by atoms with Gasteiger partial charge in [-0.25, -0.2) is 4.79 Å². The molecule has 0 rings (SSSR count). The molecule has 8 heteroatoms. The summed E-state index contributed by atoms with van der Waals surface area (Å²) in [5.74, 6) is -2.22. The molecule has 0 aliphatic carbocycles. The highest BCUT2D eigenvalue weighted by atomic mass is 16.4. The van der Waals surface area contributed by atoms with Crippen LogP contribution in [0.1, 0.15) is 26.7 Å². The van der Waals surface area contributed by atoms with Crippen LogP contribution in [0.3, 0.4) is 0 Å². The Labute approximate surface area is 123 Å². The maximum atomic E-state index is 11.6. The van der Waals surface area contributed by atoms with Crippen LogP contribution >= 0.6 is 0 Å². The normalized spacial score (nSPS) is 11.2. The fourth-order valence-corrected chi connectivity index (χ4v) is 1.52. The van der Waals surface area contributed by atoms with Crippen molar-refractivity contribution in [1.29, 1.82) is 0 Å². The average molecular weight is 299 g/mol. The van der Waals surface area contributed by atoms with Gasteiger partial charge in [0.2, 0.25) is 17.7 Å². The lowest BCUT2D eigenvalue weighted by Crippen LogP contribution is -2.33. The number of aliphatic carboxylic acids is 1. The molecule has 0 unspecified atom stereocenters. The van der Waals surface area contributed by atoms with Crippen LogP contribution in [0, 0.1) is 0 Å². The lowest BCUT2D eigenvalue weighted by atomic mass is 10.0. The van der Waals surface area contributed by atoms with E-state index in [0.29, 0.717) is 6.54 Å². The zero-order valence-electron chi connectivity index (χ0n) is 12.4. The van der Waals surface area contributed by atoms with Crippen LogP contribution in [0.5, 0.6) is 0 Å². The van der Waals surface area contributed by atoms with E-state index in [1.54, 1.807) is 0 Å². The van der Waals surface area contributed by atoms with E-state index in [4.69, 9.17) is 5.11 Å². The molecule has 0 spiro atoms. The highest BCUT2D eigenvalue weighted by Gasteiger charge is 2.17. The largest absolute Gasteiger partial charge is 0.478 e. The Bertz CT molecular complexity index is 457. The summed E-state index contributed by atoms with van der Waals surface area (Å²) in [6, 6.07) is 0. The van der Waals surface area contributed by atoms with Gasteiger partial charge in [0.25, 0.3) is 0 Å². The number of amides is 3. The third kappa shape index (κ3) is 7.71. The van der Waals surface area contributed by atoms with Crippen LogP contribution in [0.2, 0.25) is 0 Å². The van der Waals surface area contributed by atoms with E-state index in [9.17, 15) is 19.2 Å². The molecular formula is C13H21N3O5. The van der Waals surface area contributed by atoms with E-state index in [-0.39, 0.29) is 42.3 Å². The van der Waals surface area contributed by atoms with Crippen molar-refractivity contribution in [2.75, 3.05) is 20.1 Å². The summed E-state index contributed by atoms with van der Waals surface area (Å²) in [6.45, 7) is 3.28. The topological polar surface area (TPSA) is 125 Å². The Morgan fingerprint density at radius 3 is 2.00 bits per heavy atom. The Morgan fingerprint density at radius 2 is 1.52 bits per heavy atom. The molecule has 0 atom stereocenters. The van der Waals surface area contributed by atoms with Crippen LogP contribution in [-0.4, -0.2) is 48.9 Å². The van der Waals surface area contributed by atoms with Crippen LogP contribution in [0.15, 0.2) is 11.1 Å². The monoisotopic (exact) mass is 299 g/mol. The molecule has 0 fully saturated rings. The minimum Gasteiger partial charge on any atom is -0.478 e. The second-order valence-electron chi connectivity index (χ2n) is 4.32. The first kappa shape index (κ1) is 18.6. The van der Waals surface area contributed by atoms with Gasteiger partial charge in [-0.05, 0) is 13.3 Å². The Hall–Kier alpha value is -2.38. The van der Waals surface area contributed by atoms with Gasteiger partial charge in [0, 0.05) is 44.6 Å². The van der Waals surface area contributed by atoms with Gasteiger partial charge in [0.1, 0.15) is 0 Å². The van der Waals surface area contributed by atoms with E-state index in [0.717, 1.165) is 0 Å². The minimum absolute atomic E-state index is 0.00650. The first-order chi connectivity index (χ1) is 9.79. The summed E-state index contributed by atoms with van der Waals surface area (Å²) in [7, 11) is 1.39. The summed E-state index contributed by atoms with van der Waals surface area (Å²) in [5.41, 5.74) is -0.0117. The third-order valence-corrected chi connectivity index (χ3v) is 2.70. The molecule has 0 aromatic rings. The van der Waals surface area contributed by atoms with Crippen LogP contribution < -0.4 is 16.0 Å². The Kier molecular flexibility index (Phi) is 8.43. The molecule has 118 valence electrons. The van der Waals surface area contributed by atoms with Crippen LogP contribution in [0.25, 0.3) is 0 Å². The molecule has 0 aliphatic rings. The van der Waals surface area contributed by atoms with Crippen LogP contribution in [0.4, 0.5) is 0 Å². The number of carboxylic acids is 1. The first-order valence-electron chi connectivity index (χ1n) is 6.45. The molecule has 0 aromatic heterocycles. The molecule has 0 aromatic carbocycles. The van der Waals surface area contributed by atoms with Crippen molar-refractivity contribution in [2.24, 2.45) is 0 Å². The van der Waals surface area contributed by atoms with Crippen molar-refractivity contribution >= 4 is 23.7 Å². The van der Waals surface area contributed by atoms with E-state index < -0.39 is 11.9 Å². The first-order valence-corrected chi connectivity index (χ1v) is 6.45. The smallest absolute Gasteiger partial charge is 0.331 e. The van der Waals surface area contributed by atoms with Gasteiger partial charge in [-0.15, -0.1) is 0 Å². The molecule has 0 bridgehead atoms. The number of carboxylic acid groups (broad SMARTS) is 1. The maximum absolute atomic E-state index is 11.6. The molecule has 0 saturated heterocycles. The average Bonchev–Trinajstić information content (AvgIpc) is 2.42. The lowest BCUT2D eigenvalue weighted by Gasteiger charge is -2.09. The number of rotatable bonds is 8. The van der Waals surface area contributed by atoms with Gasteiger partial charge in [-0.3, -0.25) is 14.4 Å². The summed E-state index contributed by atoms with van der Waals surface area (Å²) in [5, 5.41) is 16.3. The fourth-order valence-electron chi connectivity index (χ4n) is 1.52. The SMILES string of the molecule is CNC(=O)/C(CCC(=O)NCCNC(C)=O)=C(/C)C(=O)O. The van der Waals surface area contributed by atoms with Gasteiger partial charge >= 0.3 is 5.97 Å². The lowest BCUT2D eigenvalue weighted by molar-refractivity contribution is -0.133. The summed E-state index contributed by atoms with van der Waals surface area (Å²) >= 11 is 0. The summed E-state index contributed by atoms with van der Waals surface area (Å²) < 4.78 is 0. The zero-order chi connectivity index (χ0) is 16.4. The van der Waals surface area contributed by atoms with Gasteiger partial charge < -0.3 is 21.1 Å². The molecule has 0 radical (unpaired) electrons. The highest BCUT2D eigenvalue weighted by molar-refractivity contribution is 6.02. The maximum Gasteiger partial charge on any atom is 0.331 e. The van der Waals surface area contributed by atoms with E-state index >= 15 is 0 Å². The summed E-state index contributed by atoms with van der Waals surface area (Å²) in [4.78, 5) is 44.7.